The first-order valence-corrected chi connectivity index (χ1v) is 28.3. The molecule has 1 N–H and O–H groups in total. The van der Waals surface area contributed by atoms with Crippen LogP contribution >= 0.6 is 15.5 Å². The summed E-state index contributed by atoms with van der Waals surface area (Å²) in [5.74, 6) is 2.14. The fourth-order valence-electron chi connectivity index (χ4n) is 10.00. The number of benzene rings is 8. The SMILES string of the molecule is CC(C)c1cc(C(C)C)c(-c2cc3ccccc3c3c2OP(=O)(NP(=O)(Oc2ccccc2)Oc2ccccc2)Oc2c(-c4c(C(C)C)cc(C(C)C)cc4C(C)C)cc4ccccc4c2-3)c(C(C)C)c1. The molecule has 9 rings (SSSR count). The van der Waals surface area contributed by atoms with Gasteiger partial charge < -0.3 is 18.1 Å². The van der Waals surface area contributed by atoms with Crippen LogP contribution in [0.2, 0.25) is 0 Å². The molecule has 8 aromatic carbocycles. The van der Waals surface area contributed by atoms with Gasteiger partial charge in [0.25, 0.3) is 0 Å². The van der Waals surface area contributed by atoms with Crippen LogP contribution in [-0.2, 0) is 9.13 Å². The van der Waals surface area contributed by atoms with E-state index in [4.69, 9.17) is 18.1 Å². The predicted octanol–water partition coefficient (Wildman–Crippen LogP) is 19.5. The summed E-state index contributed by atoms with van der Waals surface area (Å²) in [4.78, 5) is 2.90. The van der Waals surface area contributed by atoms with Crippen molar-refractivity contribution in [3.05, 3.63) is 179 Å². The van der Waals surface area contributed by atoms with E-state index in [0.717, 1.165) is 77.2 Å². The van der Waals surface area contributed by atoms with Crippen molar-refractivity contribution in [3.63, 3.8) is 0 Å². The van der Waals surface area contributed by atoms with Crippen LogP contribution in [0, 0.1) is 0 Å². The molecule has 0 aromatic heterocycles. The fraction of sp³-hybridized carbons (Fsp3) is 0.290. The molecule has 1 aliphatic heterocycles. The summed E-state index contributed by atoms with van der Waals surface area (Å²) >= 11 is 0. The molecule has 0 atom stereocenters. The lowest BCUT2D eigenvalue weighted by molar-refractivity contribution is 0.356. The van der Waals surface area contributed by atoms with Crippen LogP contribution in [0.4, 0.5) is 0 Å². The van der Waals surface area contributed by atoms with Crippen LogP contribution in [0.25, 0.3) is 54.9 Å². The average Bonchev–Trinajstić information content (AvgIpc) is 3.47. The summed E-state index contributed by atoms with van der Waals surface area (Å²) < 4.78 is 59.9. The molecule has 0 saturated carbocycles. The molecule has 71 heavy (non-hydrogen) atoms. The molecular formula is C62H67NO6P2. The van der Waals surface area contributed by atoms with Gasteiger partial charge in [-0.15, -0.1) is 0 Å². The minimum absolute atomic E-state index is 0.103. The minimum atomic E-state index is -4.94. The maximum absolute atomic E-state index is 16.9. The second-order valence-corrected chi connectivity index (χ2v) is 24.4. The number of rotatable bonds is 14. The van der Waals surface area contributed by atoms with Gasteiger partial charge in [-0.05, 0) is 138 Å². The Bertz CT molecular complexity index is 3100. The predicted molar refractivity (Wildman–Crippen MR) is 296 cm³/mol. The molecular weight excluding hydrogens is 917 g/mol. The van der Waals surface area contributed by atoms with Crippen LogP contribution in [0.15, 0.2) is 146 Å². The first-order valence-electron chi connectivity index (χ1n) is 25.2. The molecule has 0 saturated heterocycles. The molecule has 0 bridgehead atoms. The van der Waals surface area contributed by atoms with Gasteiger partial charge in [0.15, 0.2) is 0 Å². The van der Waals surface area contributed by atoms with Crippen molar-refractivity contribution in [2.45, 2.75) is 119 Å². The van der Waals surface area contributed by atoms with Crippen LogP contribution < -0.4 is 23.0 Å². The van der Waals surface area contributed by atoms with Crippen LogP contribution in [0.5, 0.6) is 23.0 Å². The van der Waals surface area contributed by atoms with Gasteiger partial charge in [0.1, 0.15) is 23.0 Å². The Morgan fingerprint density at radius 2 is 0.746 bits per heavy atom. The Labute approximate surface area is 421 Å². The Balaban J connectivity index is 1.47. The second-order valence-electron chi connectivity index (χ2n) is 20.9. The molecule has 0 amide bonds. The zero-order valence-electron chi connectivity index (χ0n) is 43.2. The Morgan fingerprint density at radius 1 is 0.423 bits per heavy atom. The van der Waals surface area contributed by atoms with Gasteiger partial charge in [-0.3, -0.25) is 0 Å². The van der Waals surface area contributed by atoms with E-state index in [1.807, 2.05) is 24.3 Å². The molecule has 7 nitrogen and oxygen atoms in total. The Kier molecular flexibility index (Phi) is 13.9. The average molecular weight is 984 g/mol. The van der Waals surface area contributed by atoms with E-state index in [2.05, 4.69) is 161 Å². The summed E-state index contributed by atoms with van der Waals surface area (Å²) in [5.41, 5.74) is 12.0. The van der Waals surface area contributed by atoms with Crippen molar-refractivity contribution in [1.29, 1.82) is 0 Å². The largest absolute Gasteiger partial charge is 0.524 e. The van der Waals surface area contributed by atoms with Crippen molar-refractivity contribution >= 4 is 37.0 Å². The number of nitrogens with one attached hydrogen (secondary N) is 1. The number of hydrogen-bond donors (Lipinski definition) is 1. The quantitative estimate of drug-likeness (QED) is 0.109. The molecule has 366 valence electrons. The highest BCUT2D eigenvalue weighted by atomic mass is 31.3. The summed E-state index contributed by atoms with van der Waals surface area (Å²) in [6, 6.07) is 47.7. The van der Waals surface area contributed by atoms with Gasteiger partial charge in [-0.2, -0.15) is 0 Å². The number of hydrogen-bond acceptors (Lipinski definition) is 6. The highest BCUT2D eigenvalue weighted by Gasteiger charge is 2.47. The third-order valence-electron chi connectivity index (χ3n) is 13.7. The highest BCUT2D eigenvalue weighted by molar-refractivity contribution is 7.68. The Hall–Kier alpha value is -6.10. The molecule has 0 radical (unpaired) electrons. The monoisotopic (exact) mass is 983 g/mol. The van der Waals surface area contributed by atoms with E-state index in [0.29, 0.717) is 11.5 Å². The topological polar surface area (TPSA) is 83.1 Å². The third kappa shape index (κ3) is 9.82. The van der Waals surface area contributed by atoms with Crippen molar-refractivity contribution < 1.29 is 27.2 Å². The summed E-state index contributed by atoms with van der Waals surface area (Å²) in [7, 11) is -9.65. The smallest absolute Gasteiger partial charge is 0.404 e. The van der Waals surface area contributed by atoms with Gasteiger partial charge >= 0.3 is 15.5 Å². The van der Waals surface area contributed by atoms with Gasteiger partial charge in [0, 0.05) is 22.3 Å². The second kappa shape index (κ2) is 19.8. The van der Waals surface area contributed by atoms with Gasteiger partial charge in [-0.1, -0.05) is 197 Å². The van der Waals surface area contributed by atoms with E-state index >= 15 is 9.13 Å². The molecule has 1 heterocycles. The summed E-state index contributed by atoms with van der Waals surface area (Å²) in [6.45, 7) is 26.7. The summed E-state index contributed by atoms with van der Waals surface area (Å²) in [5, 5.41) is 3.72. The fourth-order valence-corrected chi connectivity index (χ4v) is 13.6. The standard InChI is InChI=1S/C62H67NO6P2/c1-37(2)45-33-51(39(5)6)57(52(34-45)40(7)8)55-31-43-23-19-21-29-49(43)59-60-50-30-22-20-24-44(50)32-56(58-53(41(9)10)35-46(38(3)4)36-54(58)42(11)12)62(60)69-71(65,68-61(55)59)63-70(64,66-47-25-15-13-16-26-47)67-48-27-17-14-18-28-48/h13-42H,1-12H3,(H,63,64,65). The molecule has 0 spiro atoms. The molecule has 0 aliphatic carbocycles. The number of fused-ring (bicyclic) bond motifs is 7. The molecule has 1 aliphatic rings. The van der Waals surface area contributed by atoms with Crippen LogP contribution in [0.3, 0.4) is 0 Å². The molecule has 8 aromatic rings. The maximum Gasteiger partial charge on any atom is 0.524 e. The van der Waals surface area contributed by atoms with Crippen molar-refractivity contribution in [2.75, 3.05) is 0 Å². The van der Waals surface area contributed by atoms with Crippen LogP contribution in [0.1, 0.15) is 152 Å². The third-order valence-corrected chi connectivity index (χ3v) is 17.4. The molecule has 9 heteroatoms. The van der Waals surface area contributed by atoms with E-state index in [-0.39, 0.29) is 47.0 Å². The van der Waals surface area contributed by atoms with E-state index in [9.17, 15) is 0 Å². The lowest BCUT2D eigenvalue weighted by Gasteiger charge is -2.28. The highest BCUT2D eigenvalue weighted by Crippen LogP contribution is 2.66. The zero-order valence-corrected chi connectivity index (χ0v) is 45.0. The number of para-hydroxylation sites is 2. The van der Waals surface area contributed by atoms with Gasteiger partial charge in [0.05, 0.1) is 0 Å². The Morgan fingerprint density at radius 3 is 1.07 bits per heavy atom. The normalized spacial score (nSPS) is 13.5. The maximum atomic E-state index is 16.9. The van der Waals surface area contributed by atoms with E-state index in [1.165, 1.54) is 11.1 Å². The van der Waals surface area contributed by atoms with Gasteiger partial charge in [0.2, 0.25) is 0 Å². The van der Waals surface area contributed by atoms with Crippen LogP contribution in [-0.4, -0.2) is 0 Å². The molecule has 0 fully saturated rings. The molecule has 0 unspecified atom stereocenters. The first kappa shape index (κ1) is 49.9. The zero-order chi connectivity index (χ0) is 50.5. The lowest BCUT2D eigenvalue weighted by atomic mass is 9.78. The van der Waals surface area contributed by atoms with E-state index < -0.39 is 15.5 Å². The minimum Gasteiger partial charge on any atom is -0.404 e. The van der Waals surface area contributed by atoms with Crippen molar-refractivity contribution in [3.8, 4) is 56.4 Å². The first-order chi connectivity index (χ1) is 33.8. The lowest BCUT2D eigenvalue weighted by Crippen LogP contribution is -2.22. The van der Waals surface area contributed by atoms with E-state index in [1.54, 1.807) is 48.5 Å². The van der Waals surface area contributed by atoms with Gasteiger partial charge in [-0.25, -0.2) is 9.13 Å². The van der Waals surface area contributed by atoms with Crippen molar-refractivity contribution in [1.82, 2.24) is 4.86 Å². The van der Waals surface area contributed by atoms with Crippen molar-refractivity contribution in [2.24, 2.45) is 0 Å². The summed E-state index contributed by atoms with van der Waals surface area (Å²) in [6.07, 6.45) is 0.